The lowest BCUT2D eigenvalue weighted by Gasteiger charge is -2.08. The molecule has 0 bridgehead atoms. The summed E-state index contributed by atoms with van der Waals surface area (Å²) in [4.78, 5) is 4.27. The van der Waals surface area contributed by atoms with E-state index in [1.807, 2.05) is 42.0 Å². The normalized spacial score (nSPS) is 11.7. The number of hydrogen-bond donors (Lipinski definition) is 1. The second-order valence-electron chi connectivity index (χ2n) is 5.42. The Morgan fingerprint density at radius 1 is 1.12 bits per heavy atom. The number of nitrogens with one attached hydrogen (secondary N) is 1. The Kier molecular flexibility index (Phi) is 4.62. The van der Waals surface area contributed by atoms with Gasteiger partial charge in [0.1, 0.15) is 10.7 Å². The van der Waals surface area contributed by atoms with Crippen LogP contribution in [0.2, 0.25) is 0 Å². The monoisotopic (exact) mass is 351 g/mol. The second-order valence-corrected chi connectivity index (χ2v) is 6.58. The topological polar surface area (TPSA) is 29.9 Å². The van der Waals surface area contributed by atoms with E-state index in [0.29, 0.717) is 11.4 Å². The summed E-state index contributed by atoms with van der Waals surface area (Å²) in [5, 5.41) is 3.15. The molecule has 3 nitrogen and oxygen atoms in total. The third-order valence-corrected chi connectivity index (χ3v) is 4.77. The first-order valence-electron chi connectivity index (χ1n) is 7.38. The fraction of sp³-hybridized carbons (Fsp3) is 0.235. The van der Waals surface area contributed by atoms with E-state index >= 15 is 0 Å². The molecule has 0 saturated heterocycles. The van der Waals surface area contributed by atoms with Crippen molar-refractivity contribution in [1.82, 2.24) is 9.55 Å². The van der Waals surface area contributed by atoms with E-state index < -0.39 is 11.1 Å². The van der Waals surface area contributed by atoms with E-state index in [1.54, 1.807) is 6.20 Å². The Labute approximate surface area is 141 Å². The van der Waals surface area contributed by atoms with Crippen molar-refractivity contribution in [3.8, 4) is 0 Å². The van der Waals surface area contributed by atoms with Crippen LogP contribution in [-0.2, 0) is 19.3 Å². The molecule has 0 aliphatic carbocycles. The number of benzene rings is 1. The standard InChI is InChI=1S/C17H16F3N3S/c1-12-21-8-9-23(12)11-13-2-4-14(5-3-13)22-10-15-6-7-16(24-15)17(18,19)20/h2-9,22H,10-11H2,1H3. The first-order chi connectivity index (χ1) is 11.4. The number of aromatic nitrogens is 2. The maximum atomic E-state index is 12.6. The molecule has 0 unspecified atom stereocenters. The van der Waals surface area contributed by atoms with Crippen molar-refractivity contribution >= 4 is 17.0 Å². The molecule has 0 atom stereocenters. The minimum atomic E-state index is -4.27. The van der Waals surface area contributed by atoms with Crippen molar-refractivity contribution in [3.63, 3.8) is 0 Å². The van der Waals surface area contributed by atoms with E-state index in [0.717, 1.165) is 41.0 Å². The van der Waals surface area contributed by atoms with Crippen LogP contribution < -0.4 is 5.32 Å². The first-order valence-corrected chi connectivity index (χ1v) is 8.20. The van der Waals surface area contributed by atoms with Gasteiger partial charge in [-0.1, -0.05) is 12.1 Å². The Hall–Kier alpha value is -2.28. The van der Waals surface area contributed by atoms with Crippen molar-refractivity contribution in [3.05, 3.63) is 69.9 Å². The zero-order valence-corrected chi connectivity index (χ0v) is 13.8. The number of imidazole rings is 1. The number of anilines is 1. The lowest BCUT2D eigenvalue weighted by atomic mass is 10.2. The van der Waals surface area contributed by atoms with Gasteiger partial charge in [0.05, 0.1) is 0 Å². The SMILES string of the molecule is Cc1nccn1Cc1ccc(NCc2ccc(C(F)(F)F)s2)cc1. The van der Waals surface area contributed by atoms with Gasteiger partial charge < -0.3 is 9.88 Å². The maximum Gasteiger partial charge on any atom is 0.425 e. The molecule has 0 aliphatic rings. The van der Waals surface area contributed by atoms with Crippen LogP contribution in [0.1, 0.15) is 21.1 Å². The van der Waals surface area contributed by atoms with Gasteiger partial charge in [-0.15, -0.1) is 11.3 Å². The van der Waals surface area contributed by atoms with Crippen LogP contribution in [0.15, 0.2) is 48.8 Å². The molecule has 0 saturated carbocycles. The summed E-state index contributed by atoms with van der Waals surface area (Å²) in [6.45, 7) is 3.07. The molecule has 126 valence electrons. The quantitative estimate of drug-likeness (QED) is 0.706. The average Bonchev–Trinajstić information content (AvgIpc) is 3.16. The Bertz CT molecular complexity index is 803. The van der Waals surface area contributed by atoms with Crippen LogP contribution in [0.3, 0.4) is 0 Å². The predicted octanol–water partition coefficient (Wildman–Crippen LogP) is 4.93. The van der Waals surface area contributed by atoms with Gasteiger partial charge in [-0.3, -0.25) is 0 Å². The molecule has 2 heterocycles. The predicted molar refractivity (Wildman–Crippen MR) is 89.2 cm³/mol. The molecule has 7 heteroatoms. The van der Waals surface area contributed by atoms with E-state index in [4.69, 9.17) is 0 Å². The fourth-order valence-electron chi connectivity index (χ4n) is 2.31. The van der Waals surface area contributed by atoms with Crippen LogP contribution in [0.25, 0.3) is 0 Å². The third-order valence-electron chi connectivity index (χ3n) is 3.64. The lowest BCUT2D eigenvalue weighted by molar-refractivity contribution is -0.134. The first kappa shape index (κ1) is 16.6. The van der Waals surface area contributed by atoms with Crippen LogP contribution in [0, 0.1) is 6.92 Å². The number of hydrogen-bond acceptors (Lipinski definition) is 3. The van der Waals surface area contributed by atoms with Crippen LogP contribution in [0.4, 0.5) is 18.9 Å². The van der Waals surface area contributed by atoms with E-state index in [2.05, 4.69) is 10.3 Å². The van der Waals surface area contributed by atoms with E-state index in [1.165, 1.54) is 6.07 Å². The van der Waals surface area contributed by atoms with Crippen LogP contribution >= 0.6 is 11.3 Å². The number of aryl methyl sites for hydroxylation is 1. The number of halogens is 3. The van der Waals surface area contributed by atoms with Gasteiger partial charge in [-0.05, 0) is 36.8 Å². The van der Waals surface area contributed by atoms with Gasteiger partial charge in [-0.2, -0.15) is 13.2 Å². The van der Waals surface area contributed by atoms with Crippen molar-refractivity contribution < 1.29 is 13.2 Å². The van der Waals surface area contributed by atoms with Gasteiger partial charge >= 0.3 is 6.18 Å². The molecule has 0 radical (unpaired) electrons. The number of alkyl halides is 3. The number of thiophene rings is 1. The molecule has 0 spiro atoms. The molecule has 1 N–H and O–H groups in total. The maximum absolute atomic E-state index is 12.6. The molecule has 24 heavy (non-hydrogen) atoms. The number of nitrogens with zero attached hydrogens (tertiary/aromatic N) is 2. The highest BCUT2D eigenvalue weighted by atomic mass is 32.1. The lowest BCUT2D eigenvalue weighted by Crippen LogP contribution is -2.02. The summed E-state index contributed by atoms with van der Waals surface area (Å²) in [5.41, 5.74) is 2.01. The smallest absolute Gasteiger partial charge is 0.380 e. The fourth-order valence-corrected chi connectivity index (χ4v) is 3.12. The van der Waals surface area contributed by atoms with Gasteiger partial charge in [0.15, 0.2) is 0 Å². The molecule has 1 aromatic carbocycles. The summed E-state index contributed by atoms with van der Waals surface area (Å²) < 4.78 is 39.8. The summed E-state index contributed by atoms with van der Waals surface area (Å²) >= 11 is 0.769. The van der Waals surface area contributed by atoms with Gasteiger partial charge in [0, 0.05) is 36.0 Å². The molecular formula is C17H16F3N3S. The molecule has 0 amide bonds. The molecule has 0 aliphatic heterocycles. The highest BCUT2D eigenvalue weighted by Crippen LogP contribution is 2.34. The minimum absolute atomic E-state index is 0.376. The van der Waals surface area contributed by atoms with E-state index in [-0.39, 0.29) is 0 Å². The molecule has 3 rings (SSSR count). The van der Waals surface area contributed by atoms with Crippen molar-refractivity contribution in [2.24, 2.45) is 0 Å². The second kappa shape index (κ2) is 6.68. The van der Waals surface area contributed by atoms with Crippen molar-refractivity contribution in [1.29, 1.82) is 0 Å². The molecule has 3 aromatic rings. The van der Waals surface area contributed by atoms with Crippen LogP contribution in [0.5, 0.6) is 0 Å². The van der Waals surface area contributed by atoms with Gasteiger partial charge in [-0.25, -0.2) is 4.98 Å². The highest BCUT2D eigenvalue weighted by molar-refractivity contribution is 7.12. The largest absolute Gasteiger partial charge is 0.425 e. The average molecular weight is 351 g/mol. The zero-order valence-electron chi connectivity index (χ0n) is 13.0. The Balaban J connectivity index is 1.58. The summed E-state index contributed by atoms with van der Waals surface area (Å²) in [7, 11) is 0. The van der Waals surface area contributed by atoms with E-state index in [9.17, 15) is 13.2 Å². The van der Waals surface area contributed by atoms with Gasteiger partial charge in [0.25, 0.3) is 0 Å². The number of rotatable bonds is 5. The van der Waals surface area contributed by atoms with Crippen LogP contribution in [-0.4, -0.2) is 9.55 Å². The molecule has 2 aromatic heterocycles. The highest BCUT2D eigenvalue weighted by Gasteiger charge is 2.32. The Morgan fingerprint density at radius 3 is 2.46 bits per heavy atom. The third kappa shape index (κ3) is 3.97. The molecule has 0 fully saturated rings. The summed E-state index contributed by atoms with van der Waals surface area (Å²) in [5.74, 6) is 0.954. The van der Waals surface area contributed by atoms with Crippen molar-refractivity contribution in [2.45, 2.75) is 26.2 Å². The van der Waals surface area contributed by atoms with Gasteiger partial charge in [0.2, 0.25) is 0 Å². The summed E-state index contributed by atoms with van der Waals surface area (Å²) in [6, 6.07) is 10.5. The molecular weight excluding hydrogens is 335 g/mol. The zero-order chi connectivity index (χ0) is 17.2. The minimum Gasteiger partial charge on any atom is -0.380 e. The Morgan fingerprint density at radius 2 is 1.88 bits per heavy atom. The summed E-state index contributed by atoms with van der Waals surface area (Å²) in [6.07, 6.45) is -0.575. The van der Waals surface area contributed by atoms with Crippen molar-refractivity contribution in [2.75, 3.05) is 5.32 Å².